The van der Waals surface area contributed by atoms with Gasteiger partial charge in [0.1, 0.15) is 18.1 Å². The SMILES string of the molecule is Cc1cc(C)c2c(c1)C(NC(=O)C(C)NC(=O)c1ccoc1)CCO2. The van der Waals surface area contributed by atoms with Crippen molar-refractivity contribution in [3.05, 3.63) is 53.0 Å². The lowest BCUT2D eigenvalue weighted by molar-refractivity contribution is -0.123. The average molecular weight is 342 g/mol. The summed E-state index contributed by atoms with van der Waals surface area (Å²) in [5, 5.41) is 5.70. The highest BCUT2D eigenvalue weighted by Gasteiger charge is 2.27. The van der Waals surface area contributed by atoms with Gasteiger partial charge in [0.05, 0.1) is 24.5 Å². The summed E-state index contributed by atoms with van der Waals surface area (Å²) in [6, 6.07) is 4.89. The molecule has 6 nitrogen and oxygen atoms in total. The van der Waals surface area contributed by atoms with E-state index in [9.17, 15) is 9.59 Å². The number of carbonyl (C=O) groups excluding carboxylic acids is 2. The van der Waals surface area contributed by atoms with Crippen molar-refractivity contribution in [1.82, 2.24) is 10.6 Å². The predicted molar refractivity (Wildman–Crippen MR) is 92.5 cm³/mol. The van der Waals surface area contributed by atoms with E-state index >= 15 is 0 Å². The molecular formula is C19H22N2O4. The van der Waals surface area contributed by atoms with Crippen LogP contribution in [0.1, 0.15) is 46.4 Å². The summed E-state index contributed by atoms with van der Waals surface area (Å²) in [5.41, 5.74) is 3.57. The molecular weight excluding hydrogens is 320 g/mol. The topological polar surface area (TPSA) is 80.6 Å². The Morgan fingerprint density at radius 3 is 2.80 bits per heavy atom. The van der Waals surface area contributed by atoms with Gasteiger partial charge in [0.25, 0.3) is 5.91 Å². The van der Waals surface area contributed by atoms with Crippen molar-refractivity contribution >= 4 is 11.8 Å². The molecule has 6 heteroatoms. The Labute approximate surface area is 146 Å². The first kappa shape index (κ1) is 17.1. The fourth-order valence-corrected chi connectivity index (χ4v) is 3.06. The fraction of sp³-hybridized carbons (Fsp3) is 0.368. The number of furan rings is 1. The fourth-order valence-electron chi connectivity index (χ4n) is 3.06. The molecule has 132 valence electrons. The molecule has 2 aromatic rings. The maximum Gasteiger partial charge on any atom is 0.255 e. The third-order valence-corrected chi connectivity index (χ3v) is 4.32. The molecule has 0 aliphatic carbocycles. The van der Waals surface area contributed by atoms with Crippen molar-refractivity contribution in [2.45, 2.75) is 39.3 Å². The zero-order valence-electron chi connectivity index (χ0n) is 14.6. The first-order valence-corrected chi connectivity index (χ1v) is 8.33. The molecule has 2 unspecified atom stereocenters. The molecule has 0 spiro atoms. The number of nitrogens with one attached hydrogen (secondary N) is 2. The lowest BCUT2D eigenvalue weighted by Crippen LogP contribution is -2.46. The summed E-state index contributed by atoms with van der Waals surface area (Å²) < 4.78 is 10.6. The number of hydrogen-bond donors (Lipinski definition) is 2. The molecule has 2 amide bonds. The van der Waals surface area contributed by atoms with Crippen LogP contribution in [0.4, 0.5) is 0 Å². The number of amides is 2. The third-order valence-electron chi connectivity index (χ3n) is 4.32. The number of ether oxygens (including phenoxy) is 1. The molecule has 3 rings (SSSR count). The minimum Gasteiger partial charge on any atom is -0.493 e. The highest BCUT2D eigenvalue weighted by molar-refractivity contribution is 5.97. The number of benzene rings is 1. The van der Waals surface area contributed by atoms with Gasteiger partial charge in [0.2, 0.25) is 5.91 Å². The molecule has 2 N–H and O–H groups in total. The smallest absolute Gasteiger partial charge is 0.255 e. The van der Waals surface area contributed by atoms with Gasteiger partial charge in [0, 0.05) is 12.0 Å². The van der Waals surface area contributed by atoms with Crippen LogP contribution >= 0.6 is 0 Å². The molecule has 0 saturated heterocycles. The van der Waals surface area contributed by atoms with Gasteiger partial charge < -0.3 is 19.8 Å². The lowest BCUT2D eigenvalue weighted by Gasteiger charge is -2.29. The molecule has 2 heterocycles. The Hall–Kier alpha value is -2.76. The van der Waals surface area contributed by atoms with Crippen molar-refractivity contribution in [1.29, 1.82) is 0 Å². The van der Waals surface area contributed by atoms with E-state index in [1.165, 1.54) is 12.5 Å². The zero-order valence-corrected chi connectivity index (χ0v) is 14.6. The molecule has 1 aromatic carbocycles. The van der Waals surface area contributed by atoms with Crippen molar-refractivity contribution in [2.24, 2.45) is 0 Å². The second-order valence-electron chi connectivity index (χ2n) is 6.41. The minimum absolute atomic E-state index is 0.122. The molecule has 0 saturated carbocycles. The Bertz CT molecular complexity index is 783. The summed E-state index contributed by atoms with van der Waals surface area (Å²) in [7, 11) is 0. The third kappa shape index (κ3) is 3.68. The van der Waals surface area contributed by atoms with Crippen LogP contribution in [0.3, 0.4) is 0 Å². The molecule has 1 aromatic heterocycles. The summed E-state index contributed by atoms with van der Waals surface area (Å²) in [5.74, 6) is 0.279. The molecule has 25 heavy (non-hydrogen) atoms. The highest BCUT2D eigenvalue weighted by atomic mass is 16.5. The van der Waals surface area contributed by atoms with Gasteiger partial charge >= 0.3 is 0 Å². The van der Waals surface area contributed by atoms with E-state index in [1.807, 2.05) is 19.9 Å². The number of fused-ring (bicyclic) bond motifs is 1. The van der Waals surface area contributed by atoms with Gasteiger partial charge in [-0.05, 0) is 32.4 Å². The van der Waals surface area contributed by atoms with Crippen molar-refractivity contribution in [3.8, 4) is 5.75 Å². The molecule has 2 atom stereocenters. The number of aryl methyl sites for hydroxylation is 2. The summed E-state index contributed by atoms with van der Waals surface area (Å²) >= 11 is 0. The van der Waals surface area contributed by atoms with Crippen LogP contribution in [0.15, 0.2) is 35.1 Å². The van der Waals surface area contributed by atoms with Crippen LogP contribution in [0.2, 0.25) is 0 Å². The number of carbonyl (C=O) groups is 2. The van der Waals surface area contributed by atoms with Crippen molar-refractivity contribution in [2.75, 3.05) is 6.61 Å². The van der Waals surface area contributed by atoms with E-state index in [0.717, 1.165) is 22.4 Å². The first-order chi connectivity index (χ1) is 12.0. The van der Waals surface area contributed by atoms with E-state index in [4.69, 9.17) is 9.15 Å². The summed E-state index contributed by atoms with van der Waals surface area (Å²) in [4.78, 5) is 24.5. The van der Waals surface area contributed by atoms with Gasteiger partial charge in [-0.25, -0.2) is 0 Å². The predicted octanol–water partition coefficient (Wildman–Crippen LogP) is 2.65. The van der Waals surface area contributed by atoms with Crippen molar-refractivity contribution < 1.29 is 18.7 Å². The van der Waals surface area contributed by atoms with Gasteiger partial charge in [0.15, 0.2) is 0 Å². The van der Waals surface area contributed by atoms with Gasteiger partial charge in [-0.15, -0.1) is 0 Å². The summed E-state index contributed by atoms with van der Waals surface area (Å²) in [6.45, 7) is 6.24. The molecule has 0 radical (unpaired) electrons. The van der Waals surface area contributed by atoms with Gasteiger partial charge in [-0.2, -0.15) is 0 Å². The van der Waals surface area contributed by atoms with E-state index in [0.29, 0.717) is 18.6 Å². The van der Waals surface area contributed by atoms with E-state index in [-0.39, 0.29) is 17.9 Å². The largest absolute Gasteiger partial charge is 0.493 e. The van der Waals surface area contributed by atoms with E-state index in [1.54, 1.807) is 13.0 Å². The maximum atomic E-state index is 12.5. The summed E-state index contributed by atoms with van der Waals surface area (Å²) in [6.07, 6.45) is 3.47. The van der Waals surface area contributed by atoms with Crippen LogP contribution in [0.25, 0.3) is 0 Å². The normalized spacial score (nSPS) is 17.2. The van der Waals surface area contributed by atoms with E-state index in [2.05, 4.69) is 16.7 Å². The van der Waals surface area contributed by atoms with Gasteiger partial charge in [-0.1, -0.05) is 17.7 Å². The Morgan fingerprint density at radius 2 is 2.08 bits per heavy atom. The van der Waals surface area contributed by atoms with Crippen LogP contribution in [-0.4, -0.2) is 24.5 Å². The van der Waals surface area contributed by atoms with Crippen LogP contribution in [0, 0.1) is 13.8 Å². The molecule has 0 fully saturated rings. The lowest BCUT2D eigenvalue weighted by atomic mass is 9.95. The highest BCUT2D eigenvalue weighted by Crippen LogP contribution is 2.35. The Balaban J connectivity index is 1.69. The van der Waals surface area contributed by atoms with Gasteiger partial charge in [-0.3, -0.25) is 9.59 Å². The maximum absolute atomic E-state index is 12.5. The van der Waals surface area contributed by atoms with Crippen molar-refractivity contribution in [3.63, 3.8) is 0 Å². The standard InChI is InChI=1S/C19H22N2O4/c1-11-8-12(2)17-15(9-11)16(5-7-25-17)21-18(22)13(3)20-19(23)14-4-6-24-10-14/h4,6,8-10,13,16H,5,7H2,1-3H3,(H,20,23)(H,21,22). The Morgan fingerprint density at radius 1 is 1.28 bits per heavy atom. The average Bonchev–Trinajstić information content (AvgIpc) is 3.10. The quantitative estimate of drug-likeness (QED) is 0.895. The monoisotopic (exact) mass is 342 g/mol. The second-order valence-corrected chi connectivity index (χ2v) is 6.41. The molecule has 1 aliphatic rings. The Kier molecular flexibility index (Phi) is 4.79. The number of hydrogen-bond acceptors (Lipinski definition) is 4. The zero-order chi connectivity index (χ0) is 18.0. The second kappa shape index (κ2) is 7.01. The first-order valence-electron chi connectivity index (χ1n) is 8.33. The van der Waals surface area contributed by atoms with E-state index < -0.39 is 6.04 Å². The number of rotatable bonds is 4. The molecule has 1 aliphatic heterocycles. The van der Waals surface area contributed by atoms with Crippen LogP contribution in [-0.2, 0) is 4.79 Å². The van der Waals surface area contributed by atoms with Crippen LogP contribution in [0.5, 0.6) is 5.75 Å². The molecule has 0 bridgehead atoms. The minimum atomic E-state index is -0.653. The van der Waals surface area contributed by atoms with Crippen LogP contribution < -0.4 is 15.4 Å².